The number of hydrogen-bond acceptors (Lipinski definition) is 7. The fraction of sp³-hybridized carbons (Fsp3) is 0.280. The van der Waals surface area contributed by atoms with Gasteiger partial charge in [-0.15, -0.1) is 0 Å². The molecule has 8 nitrogen and oxygen atoms in total. The molecule has 0 radical (unpaired) electrons. The summed E-state index contributed by atoms with van der Waals surface area (Å²) in [5.41, 5.74) is 4.12. The zero-order valence-corrected chi connectivity index (χ0v) is 18.7. The molecule has 5 rings (SSSR count). The van der Waals surface area contributed by atoms with E-state index in [1.807, 2.05) is 66.4 Å². The summed E-state index contributed by atoms with van der Waals surface area (Å²) in [6, 6.07) is 17.7. The Bertz CT molecular complexity index is 1240. The van der Waals surface area contributed by atoms with E-state index in [0.29, 0.717) is 48.4 Å². The van der Waals surface area contributed by atoms with E-state index in [-0.39, 0.29) is 5.91 Å². The molecule has 1 amide bonds. The van der Waals surface area contributed by atoms with Gasteiger partial charge in [-0.2, -0.15) is 4.98 Å². The lowest BCUT2D eigenvalue weighted by Crippen LogP contribution is -2.48. The lowest BCUT2D eigenvalue weighted by Gasteiger charge is -2.33. The first kappa shape index (κ1) is 21.1. The Morgan fingerprint density at radius 2 is 1.61 bits per heavy atom. The predicted octanol–water partition coefficient (Wildman–Crippen LogP) is 3.97. The summed E-state index contributed by atoms with van der Waals surface area (Å²) in [6.45, 7) is 7.04. The van der Waals surface area contributed by atoms with Gasteiger partial charge in [-0.25, -0.2) is 0 Å². The second kappa shape index (κ2) is 8.99. The van der Waals surface area contributed by atoms with Gasteiger partial charge in [-0.05, 0) is 13.8 Å². The van der Waals surface area contributed by atoms with Crippen LogP contribution in [-0.2, 0) is 6.54 Å². The maximum Gasteiger partial charge on any atom is 0.259 e. The third-order valence-electron chi connectivity index (χ3n) is 5.92. The fourth-order valence-corrected chi connectivity index (χ4v) is 4.01. The maximum atomic E-state index is 13.3. The standard InChI is InChI=1S/C25H25N5O3/c1-17-8-10-20(11-9-17)24-26-21(33-28-24)16-29-12-14-30(15-13-29)25(31)22-18(2)32-27-23(22)19-6-4-3-5-7-19/h3-11H,12-16H2,1-2H3. The van der Waals surface area contributed by atoms with Crippen LogP contribution in [0.1, 0.15) is 27.6 Å². The molecule has 0 unspecified atom stereocenters. The molecular formula is C25H25N5O3. The first-order valence-corrected chi connectivity index (χ1v) is 11.0. The van der Waals surface area contributed by atoms with Crippen LogP contribution < -0.4 is 0 Å². The van der Waals surface area contributed by atoms with Gasteiger partial charge in [0.15, 0.2) is 0 Å². The average molecular weight is 444 g/mol. The molecule has 0 bridgehead atoms. The quantitative estimate of drug-likeness (QED) is 0.461. The molecular weight excluding hydrogens is 418 g/mol. The minimum Gasteiger partial charge on any atom is -0.360 e. The fourth-order valence-electron chi connectivity index (χ4n) is 4.01. The van der Waals surface area contributed by atoms with Gasteiger partial charge in [0.25, 0.3) is 5.91 Å². The highest BCUT2D eigenvalue weighted by molar-refractivity contribution is 6.00. The maximum absolute atomic E-state index is 13.3. The SMILES string of the molecule is Cc1ccc(-c2noc(CN3CCN(C(=O)c4c(-c5ccccc5)noc4C)CC3)n2)cc1. The van der Waals surface area contributed by atoms with Gasteiger partial charge in [-0.3, -0.25) is 9.69 Å². The first-order valence-electron chi connectivity index (χ1n) is 11.0. The van der Waals surface area contributed by atoms with Crippen LogP contribution in [0.2, 0.25) is 0 Å². The van der Waals surface area contributed by atoms with Crippen molar-refractivity contribution in [1.82, 2.24) is 25.1 Å². The van der Waals surface area contributed by atoms with Crippen LogP contribution in [0.4, 0.5) is 0 Å². The van der Waals surface area contributed by atoms with Crippen molar-refractivity contribution in [2.75, 3.05) is 26.2 Å². The minimum atomic E-state index is -0.0494. The molecule has 33 heavy (non-hydrogen) atoms. The van der Waals surface area contributed by atoms with Crippen molar-refractivity contribution in [3.63, 3.8) is 0 Å². The normalized spacial score (nSPS) is 14.5. The molecule has 1 fully saturated rings. The van der Waals surface area contributed by atoms with E-state index < -0.39 is 0 Å². The van der Waals surface area contributed by atoms with E-state index in [1.165, 1.54) is 5.56 Å². The number of aromatic nitrogens is 3. The highest BCUT2D eigenvalue weighted by atomic mass is 16.5. The number of carbonyl (C=O) groups excluding carboxylic acids is 1. The Kier molecular flexibility index (Phi) is 5.75. The second-order valence-electron chi connectivity index (χ2n) is 8.27. The van der Waals surface area contributed by atoms with Crippen LogP contribution >= 0.6 is 0 Å². The smallest absolute Gasteiger partial charge is 0.259 e. The summed E-state index contributed by atoms with van der Waals surface area (Å²) in [7, 11) is 0. The van der Waals surface area contributed by atoms with Gasteiger partial charge in [0, 0.05) is 37.3 Å². The highest BCUT2D eigenvalue weighted by Gasteiger charge is 2.29. The highest BCUT2D eigenvalue weighted by Crippen LogP contribution is 2.27. The first-order chi connectivity index (χ1) is 16.1. The molecule has 1 aliphatic rings. The third-order valence-corrected chi connectivity index (χ3v) is 5.92. The van der Waals surface area contributed by atoms with Gasteiger partial charge >= 0.3 is 0 Å². The predicted molar refractivity (Wildman–Crippen MR) is 122 cm³/mol. The molecule has 0 N–H and O–H groups in total. The number of amides is 1. The molecule has 1 saturated heterocycles. The molecule has 0 saturated carbocycles. The van der Waals surface area contributed by atoms with Crippen LogP contribution in [-0.4, -0.2) is 57.2 Å². The Balaban J connectivity index is 1.22. The number of rotatable bonds is 5. The largest absolute Gasteiger partial charge is 0.360 e. The van der Waals surface area contributed by atoms with E-state index in [9.17, 15) is 4.79 Å². The zero-order valence-electron chi connectivity index (χ0n) is 18.7. The molecule has 3 heterocycles. The van der Waals surface area contributed by atoms with Crippen molar-refractivity contribution in [3.05, 3.63) is 77.4 Å². The molecule has 0 aliphatic carbocycles. The van der Waals surface area contributed by atoms with Crippen molar-refractivity contribution in [1.29, 1.82) is 0 Å². The van der Waals surface area contributed by atoms with Crippen molar-refractivity contribution >= 4 is 5.91 Å². The van der Waals surface area contributed by atoms with E-state index in [2.05, 4.69) is 20.2 Å². The monoisotopic (exact) mass is 443 g/mol. The number of nitrogens with zero attached hydrogens (tertiary/aromatic N) is 5. The Morgan fingerprint density at radius 3 is 2.33 bits per heavy atom. The van der Waals surface area contributed by atoms with Gasteiger partial charge in [-0.1, -0.05) is 70.5 Å². The van der Waals surface area contributed by atoms with Gasteiger partial charge < -0.3 is 13.9 Å². The summed E-state index contributed by atoms with van der Waals surface area (Å²) in [6.07, 6.45) is 0. The molecule has 2 aromatic heterocycles. The minimum absolute atomic E-state index is 0.0494. The second-order valence-corrected chi connectivity index (χ2v) is 8.27. The number of aryl methyl sites for hydroxylation is 2. The summed E-state index contributed by atoms with van der Waals surface area (Å²) in [5, 5.41) is 8.26. The number of benzene rings is 2. The molecule has 1 aliphatic heterocycles. The zero-order chi connectivity index (χ0) is 22.8. The van der Waals surface area contributed by atoms with Crippen molar-refractivity contribution in [2.24, 2.45) is 0 Å². The Morgan fingerprint density at radius 1 is 0.879 bits per heavy atom. The molecule has 8 heteroatoms. The summed E-state index contributed by atoms with van der Waals surface area (Å²) in [5.74, 6) is 1.66. The summed E-state index contributed by atoms with van der Waals surface area (Å²) < 4.78 is 10.8. The van der Waals surface area contributed by atoms with Crippen molar-refractivity contribution in [3.8, 4) is 22.6 Å². The third kappa shape index (κ3) is 4.42. The molecule has 0 atom stereocenters. The van der Waals surface area contributed by atoms with Gasteiger partial charge in [0.1, 0.15) is 17.0 Å². The van der Waals surface area contributed by atoms with E-state index in [1.54, 1.807) is 6.92 Å². The van der Waals surface area contributed by atoms with Crippen LogP contribution in [0.3, 0.4) is 0 Å². The van der Waals surface area contributed by atoms with Crippen LogP contribution in [0, 0.1) is 13.8 Å². The number of hydrogen-bond donors (Lipinski definition) is 0. The van der Waals surface area contributed by atoms with Gasteiger partial charge in [0.05, 0.1) is 6.54 Å². The topological polar surface area (TPSA) is 88.5 Å². The van der Waals surface area contributed by atoms with E-state index in [0.717, 1.165) is 24.2 Å². The molecule has 4 aromatic rings. The number of carbonyl (C=O) groups is 1. The van der Waals surface area contributed by atoms with Crippen LogP contribution in [0.5, 0.6) is 0 Å². The lowest BCUT2D eigenvalue weighted by molar-refractivity contribution is 0.0614. The average Bonchev–Trinajstić information content (AvgIpc) is 3.47. The van der Waals surface area contributed by atoms with Gasteiger partial charge in [0.2, 0.25) is 11.7 Å². The van der Waals surface area contributed by atoms with Crippen LogP contribution in [0.15, 0.2) is 63.6 Å². The molecule has 0 spiro atoms. The van der Waals surface area contributed by atoms with E-state index in [4.69, 9.17) is 9.05 Å². The Hall–Kier alpha value is -3.78. The molecule has 2 aromatic carbocycles. The Labute approximate surface area is 191 Å². The van der Waals surface area contributed by atoms with E-state index >= 15 is 0 Å². The van der Waals surface area contributed by atoms with Crippen molar-refractivity contribution in [2.45, 2.75) is 20.4 Å². The molecule has 168 valence electrons. The summed E-state index contributed by atoms with van der Waals surface area (Å²) >= 11 is 0. The number of piperazine rings is 1. The van der Waals surface area contributed by atoms with Crippen LogP contribution in [0.25, 0.3) is 22.6 Å². The van der Waals surface area contributed by atoms with Crippen molar-refractivity contribution < 1.29 is 13.8 Å². The summed E-state index contributed by atoms with van der Waals surface area (Å²) in [4.78, 5) is 21.9. The lowest BCUT2D eigenvalue weighted by atomic mass is 10.0.